The highest BCUT2D eigenvalue weighted by molar-refractivity contribution is 7.86. The molecule has 0 heterocycles. The van der Waals surface area contributed by atoms with Gasteiger partial charge in [0.15, 0.2) is 0 Å². The number of rotatable bonds is 9. The van der Waals surface area contributed by atoms with Crippen molar-refractivity contribution in [2.24, 2.45) is 11.8 Å². The molecule has 0 radical (unpaired) electrons. The van der Waals surface area contributed by atoms with Gasteiger partial charge in [-0.05, 0) is 58.1 Å². The minimum atomic E-state index is -3.71. The smallest absolute Gasteiger partial charge is 0.308 e. The lowest BCUT2D eigenvalue weighted by molar-refractivity contribution is -0.156. The molecule has 0 spiro atoms. The summed E-state index contributed by atoms with van der Waals surface area (Å²) < 4.78 is 40.1. The molecule has 1 aromatic rings. The van der Waals surface area contributed by atoms with E-state index < -0.39 is 15.7 Å². The van der Waals surface area contributed by atoms with Crippen molar-refractivity contribution in [3.8, 4) is 0 Å². The Balaban J connectivity index is 1.62. The predicted molar refractivity (Wildman–Crippen MR) is 97.2 cm³/mol. The van der Waals surface area contributed by atoms with Crippen molar-refractivity contribution in [2.75, 3.05) is 19.8 Å². The fraction of sp³-hybridized carbons (Fsp3) is 0.632. The summed E-state index contributed by atoms with van der Waals surface area (Å²) in [5, 5.41) is 0. The van der Waals surface area contributed by atoms with E-state index in [9.17, 15) is 13.2 Å². The fourth-order valence-electron chi connectivity index (χ4n) is 2.45. The molecular weight excluding hydrogens is 356 g/mol. The summed E-state index contributed by atoms with van der Waals surface area (Å²) in [6.07, 6.45) is 1.09. The van der Waals surface area contributed by atoms with Crippen LogP contribution in [0.3, 0.4) is 0 Å². The van der Waals surface area contributed by atoms with E-state index in [2.05, 4.69) is 0 Å². The van der Waals surface area contributed by atoms with Crippen molar-refractivity contribution in [1.29, 1.82) is 0 Å². The molecule has 0 unspecified atom stereocenters. The molecular formula is C19H28O6S. The summed E-state index contributed by atoms with van der Waals surface area (Å²) in [6.45, 7) is 8.34. The summed E-state index contributed by atoms with van der Waals surface area (Å²) in [7, 11) is -3.71. The molecule has 0 bridgehead atoms. The molecule has 0 aromatic heterocycles. The zero-order valence-electron chi connectivity index (χ0n) is 15.9. The molecule has 1 saturated carbocycles. The number of esters is 1. The van der Waals surface area contributed by atoms with Crippen molar-refractivity contribution in [1.82, 2.24) is 0 Å². The number of hydrogen-bond acceptors (Lipinski definition) is 6. The van der Waals surface area contributed by atoms with Crippen LogP contribution >= 0.6 is 0 Å². The van der Waals surface area contributed by atoms with Gasteiger partial charge >= 0.3 is 5.97 Å². The Labute approximate surface area is 156 Å². The molecule has 1 aromatic carbocycles. The van der Waals surface area contributed by atoms with Gasteiger partial charge in [-0.15, -0.1) is 0 Å². The van der Waals surface area contributed by atoms with Gasteiger partial charge in [-0.3, -0.25) is 8.98 Å². The lowest BCUT2D eigenvalue weighted by atomic mass is 10.2. The normalized spacial score (nSPS) is 20.0. The van der Waals surface area contributed by atoms with Gasteiger partial charge in [0.25, 0.3) is 10.1 Å². The van der Waals surface area contributed by atoms with E-state index >= 15 is 0 Å². The van der Waals surface area contributed by atoms with E-state index in [0.717, 1.165) is 12.0 Å². The average molecular weight is 384 g/mol. The number of aryl methyl sites for hydroxylation is 1. The van der Waals surface area contributed by atoms with Crippen LogP contribution in [0.25, 0.3) is 0 Å². The van der Waals surface area contributed by atoms with Crippen LogP contribution in [0.5, 0.6) is 0 Å². The summed E-state index contributed by atoms with van der Waals surface area (Å²) in [5.74, 6) is 0.177. The lowest BCUT2D eigenvalue weighted by Gasteiger charge is -2.19. The third-order valence-electron chi connectivity index (χ3n) is 4.02. The van der Waals surface area contributed by atoms with Crippen LogP contribution in [0.15, 0.2) is 29.2 Å². The zero-order valence-corrected chi connectivity index (χ0v) is 16.7. The fourth-order valence-corrected chi connectivity index (χ4v) is 3.41. The van der Waals surface area contributed by atoms with Gasteiger partial charge in [0.05, 0.1) is 24.5 Å². The topological polar surface area (TPSA) is 78.9 Å². The van der Waals surface area contributed by atoms with Gasteiger partial charge in [-0.2, -0.15) is 8.42 Å². The molecule has 26 heavy (non-hydrogen) atoms. The SMILES string of the molecule is Cc1ccc(S(=O)(=O)OC[C@@H]2C[C@@H]2COCCC(=O)OC(C)(C)C)cc1. The van der Waals surface area contributed by atoms with Crippen LogP contribution in [0, 0.1) is 18.8 Å². The van der Waals surface area contributed by atoms with Gasteiger partial charge in [0.2, 0.25) is 0 Å². The Morgan fingerprint density at radius 3 is 2.35 bits per heavy atom. The molecule has 0 N–H and O–H groups in total. The summed E-state index contributed by atoms with van der Waals surface area (Å²) in [6, 6.07) is 6.59. The number of carbonyl (C=O) groups is 1. The highest BCUT2D eigenvalue weighted by atomic mass is 32.2. The van der Waals surface area contributed by atoms with Crippen molar-refractivity contribution in [3.63, 3.8) is 0 Å². The van der Waals surface area contributed by atoms with E-state index in [1.807, 2.05) is 27.7 Å². The minimum Gasteiger partial charge on any atom is -0.460 e. The second-order valence-corrected chi connectivity index (χ2v) is 9.33. The molecule has 1 aliphatic rings. The van der Waals surface area contributed by atoms with Crippen LogP contribution in [0.1, 0.15) is 39.2 Å². The maximum Gasteiger partial charge on any atom is 0.308 e. The van der Waals surface area contributed by atoms with Gasteiger partial charge in [-0.25, -0.2) is 0 Å². The molecule has 2 atom stereocenters. The first-order chi connectivity index (χ1) is 12.1. The Kier molecular flexibility index (Phi) is 6.82. The summed E-state index contributed by atoms with van der Waals surface area (Å²) >= 11 is 0. The molecule has 6 nitrogen and oxygen atoms in total. The first-order valence-electron chi connectivity index (χ1n) is 8.82. The van der Waals surface area contributed by atoms with Gasteiger partial charge in [0.1, 0.15) is 5.60 Å². The van der Waals surface area contributed by atoms with E-state index in [-0.39, 0.29) is 35.7 Å². The lowest BCUT2D eigenvalue weighted by Crippen LogP contribution is -2.24. The van der Waals surface area contributed by atoms with Crippen LogP contribution in [-0.4, -0.2) is 39.8 Å². The quantitative estimate of drug-likeness (QED) is 0.370. The predicted octanol–water partition coefficient (Wildman–Crippen LogP) is 3.08. The maximum atomic E-state index is 12.1. The summed E-state index contributed by atoms with van der Waals surface area (Å²) in [4.78, 5) is 11.7. The second-order valence-electron chi connectivity index (χ2n) is 7.72. The van der Waals surface area contributed by atoms with Crippen LogP contribution in [0.2, 0.25) is 0 Å². The maximum absolute atomic E-state index is 12.1. The average Bonchev–Trinajstić information content (AvgIpc) is 3.27. The number of carbonyl (C=O) groups excluding carboxylic acids is 1. The Bertz CT molecular complexity index is 703. The Hall–Kier alpha value is -1.44. The van der Waals surface area contributed by atoms with Crippen molar-refractivity contribution >= 4 is 16.1 Å². The monoisotopic (exact) mass is 384 g/mol. The number of benzene rings is 1. The number of ether oxygens (including phenoxy) is 2. The summed E-state index contributed by atoms with van der Waals surface area (Å²) in [5.41, 5.74) is 0.508. The minimum absolute atomic E-state index is 0.163. The molecule has 0 saturated heterocycles. The van der Waals surface area contributed by atoms with Gasteiger partial charge in [-0.1, -0.05) is 17.7 Å². The van der Waals surface area contributed by atoms with Gasteiger partial charge < -0.3 is 9.47 Å². The van der Waals surface area contributed by atoms with Gasteiger partial charge in [0, 0.05) is 6.61 Å². The molecule has 1 aliphatic carbocycles. The molecule has 1 fully saturated rings. The van der Waals surface area contributed by atoms with E-state index in [0.29, 0.717) is 13.2 Å². The van der Waals surface area contributed by atoms with Crippen molar-refractivity contribution in [3.05, 3.63) is 29.8 Å². The molecule has 0 aliphatic heterocycles. The Morgan fingerprint density at radius 1 is 1.12 bits per heavy atom. The number of hydrogen-bond donors (Lipinski definition) is 0. The first kappa shape index (κ1) is 20.9. The largest absolute Gasteiger partial charge is 0.460 e. The van der Waals surface area contributed by atoms with E-state index in [4.69, 9.17) is 13.7 Å². The molecule has 7 heteroatoms. The van der Waals surface area contributed by atoms with Crippen molar-refractivity contribution in [2.45, 2.75) is 51.0 Å². The standard InChI is InChI=1S/C19H28O6S/c1-14-5-7-17(8-6-14)26(21,22)24-13-16-11-15(16)12-23-10-9-18(20)25-19(2,3)4/h5-8,15-16H,9-13H2,1-4H3/t15-,16+/m1/s1. The van der Waals surface area contributed by atoms with Crippen LogP contribution < -0.4 is 0 Å². The third kappa shape index (κ3) is 7.05. The zero-order chi connectivity index (χ0) is 19.4. The molecule has 0 amide bonds. The van der Waals surface area contributed by atoms with Crippen molar-refractivity contribution < 1.29 is 26.9 Å². The van der Waals surface area contributed by atoms with E-state index in [1.165, 1.54) is 0 Å². The third-order valence-corrected chi connectivity index (χ3v) is 5.31. The Morgan fingerprint density at radius 2 is 1.73 bits per heavy atom. The highest BCUT2D eigenvalue weighted by Gasteiger charge is 2.38. The highest BCUT2D eigenvalue weighted by Crippen LogP contribution is 2.39. The first-order valence-corrected chi connectivity index (χ1v) is 10.2. The van der Waals surface area contributed by atoms with Crippen LogP contribution in [-0.2, 0) is 28.6 Å². The van der Waals surface area contributed by atoms with Crippen LogP contribution in [0.4, 0.5) is 0 Å². The molecule has 2 rings (SSSR count). The van der Waals surface area contributed by atoms with E-state index in [1.54, 1.807) is 24.3 Å². The molecule has 146 valence electrons. The second kappa shape index (κ2) is 8.50.